The number of hydrogen-bond acceptors (Lipinski definition) is 4. The molecule has 1 aromatic heterocycles. The van der Waals surface area contributed by atoms with E-state index in [0.29, 0.717) is 29.8 Å². The first-order chi connectivity index (χ1) is 8.57. The first kappa shape index (κ1) is 14.3. The van der Waals surface area contributed by atoms with E-state index in [2.05, 4.69) is 0 Å². The maximum atomic E-state index is 12.4. The fourth-order valence-electron chi connectivity index (χ4n) is 1.84. The highest BCUT2D eigenvalue weighted by Gasteiger charge is 2.31. The molecule has 1 aliphatic heterocycles. The summed E-state index contributed by atoms with van der Waals surface area (Å²) in [5.41, 5.74) is 0.848. The summed E-state index contributed by atoms with van der Waals surface area (Å²) in [5, 5.41) is 1.79. The van der Waals surface area contributed by atoms with Gasteiger partial charge in [0, 0.05) is 19.0 Å². The average molecular weight is 310 g/mol. The Morgan fingerprint density at radius 2 is 2.39 bits per heavy atom. The van der Waals surface area contributed by atoms with Gasteiger partial charge in [-0.05, 0) is 23.4 Å². The minimum absolute atomic E-state index is 0.000912. The molecular weight excluding hydrogens is 294 g/mol. The summed E-state index contributed by atoms with van der Waals surface area (Å²) in [5.74, 6) is 0.340. The molecule has 0 spiro atoms. The van der Waals surface area contributed by atoms with Crippen molar-refractivity contribution in [3.63, 3.8) is 0 Å². The van der Waals surface area contributed by atoms with E-state index in [9.17, 15) is 8.42 Å². The molecule has 0 aliphatic carbocycles. The molecule has 7 heteroatoms. The van der Waals surface area contributed by atoms with Gasteiger partial charge in [-0.3, -0.25) is 0 Å². The molecule has 1 aliphatic rings. The van der Waals surface area contributed by atoms with Gasteiger partial charge >= 0.3 is 0 Å². The van der Waals surface area contributed by atoms with Gasteiger partial charge in [-0.25, -0.2) is 8.42 Å². The van der Waals surface area contributed by atoms with Gasteiger partial charge in [0.05, 0.1) is 12.7 Å². The molecule has 4 nitrogen and oxygen atoms in total. The predicted molar refractivity (Wildman–Crippen MR) is 72.7 cm³/mol. The molecule has 102 valence electrons. The quantitative estimate of drug-likeness (QED) is 0.802. The summed E-state index contributed by atoms with van der Waals surface area (Å²) in [6, 6.07) is 1.66. The van der Waals surface area contributed by atoms with E-state index in [1.807, 2.05) is 6.92 Å². The maximum Gasteiger partial charge on any atom is 0.252 e. The molecule has 0 aromatic carbocycles. The molecule has 18 heavy (non-hydrogen) atoms. The number of nitrogens with zero attached hydrogens (tertiary/aromatic N) is 1. The van der Waals surface area contributed by atoms with E-state index in [0.717, 1.165) is 12.0 Å². The molecule has 1 atom stereocenters. The second-order valence-electron chi connectivity index (χ2n) is 4.17. The van der Waals surface area contributed by atoms with Crippen LogP contribution in [-0.2, 0) is 20.6 Å². The van der Waals surface area contributed by atoms with Crippen LogP contribution in [0.5, 0.6) is 0 Å². The zero-order valence-corrected chi connectivity index (χ0v) is 12.5. The SMILES string of the molecule is CCC1CN(S(=O)(=O)c2cc(CCl)cs2)CCO1. The lowest BCUT2D eigenvalue weighted by atomic mass is 10.2. The highest BCUT2D eigenvalue weighted by atomic mass is 35.5. The molecule has 0 N–H and O–H groups in total. The van der Waals surface area contributed by atoms with Crippen molar-refractivity contribution in [2.45, 2.75) is 29.5 Å². The minimum Gasteiger partial charge on any atom is -0.375 e. The first-order valence-electron chi connectivity index (χ1n) is 5.83. The summed E-state index contributed by atoms with van der Waals surface area (Å²) in [7, 11) is -3.38. The molecule has 0 saturated carbocycles. The van der Waals surface area contributed by atoms with Crippen LogP contribution in [-0.4, -0.2) is 38.5 Å². The van der Waals surface area contributed by atoms with Gasteiger partial charge < -0.3 is 4.74 Å². The molecule has 1 saturated heterocycles. The Hall–Kier alpha value is -0.140. The van der Waals surface area contributed by atoms with Crippen LogP contribution in [0.2, 0.25) is 0 Å². The molecule has 1 fully saturated rings. The number of rotatable bonds is 4. The zero-order chi connectivity index (χ0) is 13.2. The Morgan fingerprint density at radius 1 is 1.61 bits per heavy atom. The van der Waals surface area contributed by atoms with Gasteiger partial charge in [-0.2, -0.15) is 4.31 Å². The lowest BCUT2D eigenvalue weighted by molar-refractivity contribution is -0.00272. The van der Waals surface area contributed by atoms with Gasteiger partial charge in [0.15, 0.2) is 0 Å². The van der Waals surface area contributed by atoms with Crippen molar-refractivity contribution >= 4 is 33.0 Å². The Kier molecular flexibility index (Phi) is 4.66. The smallest absolute Gasteiger partial charge is 0.252 e. The number of hydrogen-bond donors (Lipinski definition) is 0. The van der Waals surface area contributed by atoms with Crippen molar-refractivity contribution in [2.75, 3.05) is 19.7 Å². The van der Waals surface area contributed by atoms with Gasteiger partial charge in [-0.15, -0.1) is 22.9 Å². The highest BCUT2D eigenvalue weighted by Crippen LogP contribution is 2.26. The molecule has 2 rings (SSSR count). The Balaban J connectivity index is 2.19. The molecule has 1 unspecified atom stereocenters. The van der Waals surface area contributed by atoms with Crippen molar-refractivity contribution in [3.05, 3.63) is 17.0 Å². The molecule has 0 amide bonds. The van der Waals surface area contributed by atoms with Crippen molar-refractivity contribution in [2.24, 2.45) is 0 Å². The van der Waals surface area contributed by atoms with Crippen LogP contribution >= 0.6 is 22.9 Å². The summed E-state index contributed by atoms with van der Waals surface area (Å²) >= 11 is 6.93. The predicted octanol–water partition coefficient (Wildman–Crippen LogP) is 2.29. The summed E-state index contributed by atoms with van der Waals surface area (Å²) in [6.45, 7) is 3.32. The number of morpholine rings is 1. The molecule has 1 aromatic rings. The standard InChI is InChI=1S/C11H16ClNO3S2/c1-2-10-7-13(3-4-16-10)18(14,15)11-5-9(6-12)8-17-11/h5,8,10H,2-4,6-7H2,1H3. The summed E-state index contributed by atoms with van der Waals surface area (Å²) < 4.78 is 32.2. The molecular formula is C11H16ClNO3S2. The Morgan fingerprint density at radius 3 is 3.00 bits per heavy atom. The van der Waals surface area contributed by atoms with Crippen molar-refractivity contribution in [3.8, 4) is 0 Å². The monoisotopic (exact) mass is 309 g/mol. The van der Waals surface area contributed by atoms with Crippen LogP contribution in [0.15, 0.2) is 15.7 Å². The van der Waals surface area contributed by atoms with Gasteiger partial charge in [-0.1, -0.05) is 6.92 Å². The van der Waals surface area contributed by atoms with Crippen LogP contribution in [0.4, 0.5) is 0 Å². The van der Waals surface area contributed by atoms with Crippen molar-refractivity contribution in [1.82, 2.24) is 4.31 Å². The number of alkyl halides is 1. The van der Waals surface area contributed by atoms with Gasteiger partial charge in [0.2, 0.25) is 0 Å². The largest absolute Gasteiger partial charge is 0.375 e. The average Bonchev–Trinajstić information content (AvgIpc) is 2.88. The topological polar surface area (TPSA) is 46.6 Å². The second kappa shape index (κ2) is 5.88. The van der Waals surface area contributed by atoms with E-state index in [4.69, 9.17) is 16.3 Å². The minimum atomic E-state index is -3.38. The van der Waals surface area contributed by atoms with Crippen LogP contribution < -0.4 is 0 Å². The zero-order valence-electron chi connectivity index (χ0n) is 10.1. The van der Waals surface area contributed by atoms with E-state index in [-0.39, 0.29) is 6.10 Å². The third-order valence-electron chi connectivity index (χ3n) is 2.94. The van der Waals surface area contributed by atoms with Crippen LogP contribution in [0.3, 0.4) is 0 Å². The summed E-state index contributed by atoms with van der Waals surface area (Å²) in [6.07, 6.45) is 0.824. The highest BCUT2D eigenvalue weighted by molar-refractivity contribution is 7.91. The van der Waals surface area contributed by atoms with Crippen molar-refractivity contribution < 1.29 is 13.2 Å². The van der Waals surface area contributed by atoms with E-state index >= 15 is 0 Å². The number of halogens is 1. The maximum absolute atomic E-state index is 12.4. The number of thiophene rings is 1. The van der Waals surface area contributed by atoms with E-state index in [1.54, 1.807) is 11.4 Å². The lowest BCUT2D eigenvalue weighted by Gasteiger charge is -2.31. The van der Waals surface area contributed by atoms with Gasteiger partial charge in [0.25, 0.3) is 10.0 Å². The lowest BCUT2D eigenvalue weighted by Crippen LogP contribution is -2.45. The Bertz CT molecular complexity index is 500. The van der Waals surface area contributed by atoms with E-state index in [1.165, 1.54) is 15.6 Å². The summed E-state index contributed by atoms with van der Waals surface area (Å²) in [4.78, 5) is 0. The third-order valence-corrected chi connectivity index (χ3v) is 6.57. The fraction of sp³-hybridized carbons (Fsp3) is 0.636. The molecule has 0 radical (unpaired) electrons. The normalized spacial score (nSPS) is 22.2. The first-order valence-corrected chi connectivity index (χ1v) is 8.68. The Labute approximate surface area is 117 Å². The number of ether oxygens (including phenoxy) is 1. The van der Waals surface area contributed by atoms with Gasteiger partial charge in [0.1, 0.15) is 4.21 Å². The van der Waals surface area contributed by atoms with Crippen LogP contribution in [0.1, 0.15) is 18.9 Å². The molecule has 0 bridgehead atoms. The fourth-order valence-corrected chi connectivity index (χ4v) is 4.91. The van der Waals surface area contributed by atoms with Crippen molar-refractivity contribution in [1.29, 1.82) is 0 Å². The van der Waals surface area contributed by atoms with Crippen LogP contribution in [0, 0.1) is 0 Å². The van der Waals surface area contributed by atoms with E-state index < -0.39 is 10.0 Å². The number of sulfonamides is 1. The third kappa shape index (κ3) is 2.88. The molecule has 2 heterocycles. The second-order valence-corrected chi connectivity index (χ2v) is 7.51. The van der Waals surface area contributed by atoms with Crippen LogP contribution in [0.25, 0.3) is 0 Å².